The highest BCUT2D eigenvalue weighted by Gasteiger charge is 2.30. The molecule has 1 aliphatic rings. The molecule has 29 heavy (non-hydrogen) atoms. The molecule has 2 aromatic carbocycles. The van der Waals surface area contributed by atoms with Gasteiger partial charge in [-0.05, 0) is 41.8 Å². The summed E-state index contributed by atoms with van der Waals surface area (Å²) < 4.78 is 5.26. The third-order valence-corrected chi connectivity index (χ3v) is 5.52. The maximum Gasteiger partial charge on any atom is 0.225 e. The number of methoxy groups -OCH3 is 1. The summed E-state index contributed by atoms with van der Waals surface area (Å²) in [6.07, 6.45) is 2.89. The van der Waals surface area contributed by atoms with Gasteiger partial charge in [-0.25, -0.2) is 0 Å². The highest BCUT2D eigenvalue weighted by Crippen LogP contribution is 2.22. The second-order valence-electron chi connectivity index (χ2n) is 7.44. The van der Waals surface area contributed by atoms with Crippen molar-refractivity contribution in [3.05, 3.63) is 65.9 Å². The van der Waals surface area contributed by atoms with Gasteiger partial charge in [0.15, 0.2) is 0 Å². The zero-order valence-electron chi connectivity index (χ0n) is 16.5. The lowest BCUT2D eigenvalue weighted by Gasteiger charge is -2.32. The first-order chi connectivity index (χ1) is 14.1. The van der Waals surface area contributed by atoms with E-state index in [1.807, 2.05) is 54.7 Å². The van der Waals surface area contributed by atoms with Crippen LogP contribution in [0.1, 0.15) is 24.0 Å². The second kappa shape index (κ2) is 8.39. The van der Waals surface area contributed by atoms with Crippen LogP contribution < -0.4 is 10.1 Å². The normalized spacial score (nSPS) is 16.8. The van der Waals surface area contributed by atoms with Crippen molar-refractivity contribution in [2.45, 2.75) is 25.9 Å². The molecule has 0 radical (unpaired) electrons. The number of hydrogen-bond acceptors (Lipinski definition) is 3. The molecule has 2 heterocycles. The number of carbonyl (C=O) groups is 2. The predicted octanol–water partition coefficient (Wildman–Crippen LogP) is 3.23. The molecule has 6 nitrogen and oxygen atoms in total. The number of nitrogens with one attached hydrogen (secondary N) is 2. The van der Waals surface area contributed by atoms with Crippen LogP contribution in [0, 0.1) is 5.92 Å². The highest BCUT2D eigenvalue weighted by molar-refractivity contribution is 5.85. The van der Waals surface area contributed by atoms with E-state index < -0.39 is 0 Å². The summed E-state index contributed by atoms with van der Waals surface area (Å²) >= 11 is 0. The molecule has 0 bridgehead atoms. The van der Waals surface area contributed by atoms with Gasteiger partial charge in [0.2, 0.25) is 11.8 Å². The van der Waals surface area contributed by atoms with E-state index in [4.69, 9.17) is 4.74 Å². The molecule has 0 saturated carbocycles. The van der Waals surface area contributed by atoms with Gasteiger partial charge >= 0.3 is 0 Å². The molecule has 2 N–H and O–H groups in total. The van der Waals surface area contributed by atoms with Gasteiger partial charge in [0, 0.05) is 43.2 Å². The summed E-state index contributed by atoms with van der Waals surface area (Å²) in [5, 5.41) is 4.17. The lowest BCUT2D eigenvalue weighted by atomic mass is 9.96. The molecule has 1 saturated heterocycles. The fourth-order valence-corrected chi connectivity index (χ4v) is 3.90. The second-order valence-corrected chi connectivity index (χ2v) is 7.44. The van der Waals surface area contributed by atoms with Gasteiger partial charge < -0.3 is 19.9 Å². The summed E-state index contributed by atoms with van der Waals surface area (Å²) in [6, 6.07) is 15.7. The Morgan fingerprint density at radius 1 is 1.24 bits per heavy atom. The Bertz CT molecular complexity index is 1030. The molecule has 150 valence electrons. The third kappa shape index (κ3) is 4.26. The van der Waals surface area contributed by atoms with E-state index >= 15 is 0 Å². The predicted molar refractivity (Wildman–Crippen MR) is 111 cm³/mol. The number of ether oxygens (including phenoxy) is 1. The molecule has 0 spiro atoms. The molecule has 0 aliphatic carbocycles. The van der Waals surface area contributed by atoms with Crippen molar-refractivity contribution in [1.82, 2.24) is 15.2 Å². The fraction of sp³-hybridized carbons (Fsp3) is 0.304. The van der Waals surface area contributed by atoms with Crippen LogP contribution in [0.2, 0.25) is 0 Å². The third-order valence-electron chi connectivity index (χ3n) is 5.52. The first-order valence-electron chi connectivity index (χ1n) is 9.87. The van der Waals surface area contributed by atoms with Crippen molar-refractivity contribution >= 4 is 22.7 Å². The average molecular weight is 391 g/mol. The standard InChI is InChI=1S/C23H25N3O3/c1-29-19-6-2-4-16(12-19)14-26-15-18(8-9-22(26)27)23(28)25-13-17-5-3-7-21-20(17)10-11-24-21/h2-7,10-12,18,24H,8-9,13-15H2,1H3,(H,25,28)/t18-/m1/s1. The average Bonchev–Trinajstić information content (AvgIpc) is 3.23. The Morgan fingerprint density at radius 2 is 2.10 bits per heavy atom. The van der Waals surface area contributed by atoms with Crippen molar-refractivity contribution in [2.24, 2.45) is 5.92 Å². The molecular weight excluding hydrogens is 366 g/mol. The van der Waals surface area contributed by atoms with Crippen LogP contribution in [0.5, 0.6) is 5.75 Å². The number of benzene rings is 2. The van der Waals surface area contributed by atoms with Crippen molar-refractivity contribution in [2.75, 3.05) is 13.7 Å². The summed E-state index contributed by atoms with van der Waals surface area (Å²) in [7, 11) is 1.62. The largest absolute Gasteiger partial charge is 0.497 e. The maximum atomic E-state index is 12.8. The molecule has 1 aliphatic heterocycles. The first-order valence-corrected chi connectivity index (χ1v) is 9.87. The number of H-pyrrole nitrogens is 1. The number of carbonyl (C=O) groups excluding carboxylic acids is 2. The summed E-state index contributed by atoms with van der Waals surface area (Å²) in [6.45, 7) is 1.41. The van der Waals surface area contributed by atoms with Crippen LogP contribution in [0.4, 0.5) is 0 Å². The van der Waals surface area contributed by atoms with E-state index in [0.29, 0.717) is 32.5 Å². The molecule has 1 fully saturated rings. The number of rotatable bonds is 6. The van der Waals surface area contributed by atoms with Crippen LogP contribution in [0.15, 0.2) is 54.7 Å². The smallest absolute Gasteiger partial charge is 0.225 e. The Hall–Kier alpha value is -3.28. The Kier molecular flexibility index (Phi) is 5.51. The van der Waals surface area contributed by atoms with Gasteiger partial charge in [-0.2, -0.15) is 0 Å². The van der Waals surface area contributed by atoms with Gasteiger partial charge in [-0.15, -0.1) is 0 Å². The van der Waals surface area contributed by atoms with E-state index in [1.165, 1.54) is 0 Å². The topological polar surface area (TPSA) is 74.4 Å². The maximum absolute atomic E-state index is 12.8. The summed E-state index contributed by atoms with van der Waals surface area (Å²) in [4.78, 5) is 30.1. The molecule has 3 aromatic rings. The number of aromatic nitrogens is 1. The minimum absolute atomic E-state index is 0.000631. The Labute approximate surface area is 169 Å². The van der Waals surface area contributed by atoms with Crippen molar-refractivity contribution in [1.29, 1.82) is 0 Å². The minimum Gasteiger partial charge on any atom is -0.497 e. The van der Waals surface area contributed by atoms with Crippen LogP contribution in [0.3, 0.4) is 0 Å². The lowest BCUT2D eigenvalue weighted by molar-refractivity contribution is -0.139. The van der Waals surface area contributed by atoms with Gasteiger partial charge in [0.05, 0.1) is 13.0 Å². The van der Waals surface area contributed by atoms with E-state index in [9.17, 15) is 9.59 Å². The minimum atomic E-state index is -0.191. The SMILES string of the molecule is COc1cccc(CN2C[C@H](C(=O)NCc3cccc4[nH]ccc34)CCC2=O)c1. The van der Waals surface area contributed by atoms with Gasteiger partial charge in [-0.3, -0.25) is 9.59 Å². The quantitative estimate of drug-likeness (QED) is 0.677. The lowest BCUT2D eigenvalue weighted by Crippen LogP contribution is -2.45. The number of nitrogens with zero attached hydrogens (tertiary/aromatic N) is 1. The highest BCUT2D eigenvalue weighted by atomic mass is 16.5. The fourth-order valence-electron chi connectivity index (χ4n) is 3.90. The Balaban J connectivity index is 1.38. The summed E-state index contributed by atoms with van der Waals surface area (Å²) in [5.41, 5.74) is 3.14. The van der Waals surface area contributed by atoms with Gasteiger partial charge in [0.1, 0.15) is 5.75 Å². The van der Waals surface area contributed by atoms with Crippen molar-refractivity contribution in [3.63, 3.8) is 0 Å². The molecule has 6 heteroatoms. The zero-order chi connectivity index (χ0) is 20.2. The number of piperidine rings is 1. The molecule has 2 amide bonds. The molecule has 4 rings (SSSR count). The molecule has 0 unspecified atom stereocenters. The van der Waals surface area contributed by atoms with Crippen LogP contribution in [-0.2, 0) is 22.7 Å². The van der Waals surface area contributed by atoms with Gasteiger partial charge in [-0.1, -0.05) is 24.3 Å². The van der Waals surface area contributed by atoms with Crippen LogP contribution in [0.25, 0.3) is 10.9 Å². The number of fused-ring (bicyclic) bond motifs is 1. The number of aromatic amines is 1. The molecular formula is C23H25N3O3. The van der Waals surface area contributed by atoms with E-state index in [2.05, 4.69) is 10.3 Å². The summed E-state index contributed by atoms with van der Waals surface area (Å²) in [5.74, 6) is 0.665. The van der Waals surface area contributed by atoms with E-state index in [1.54, 1.807) is 12.0 Å². The number of likely N-dealkylation sites (tertiary alicyclic amines) is 1. The van der Waals surface area contributed by atoms with Crippen LogP contribution >= 0.6 is 0 Å². The van der Waals surface area contributed by atoms with E-state index in [0.717, 1.165) is 27.8 Å². The van der Waals surface area contributed by atoms with Gasteiger partial charge in [0.25, 0.3) is 0 Å². The van der Waals surface area contributed by atoms with Crippen molar-refractivity contribution in [3.8, 4) is 5.75 Å². The number of hydrogen-bond donors (Lipinski definition) is 2. The Morgan fingerprint density at radius 3 is 2.97 bits per heavy atom. The van der Waals surface area contributed by atoms with Crippen molar-refractivity contribution < 1.29 is 14.3 Å². The zero-order valence-corrected chi connectivity index (χ0v) is 16.5. The van der Waals surface area contributed by atoms with E-state index in [-0.39, 0.29) is 17.7 Å². The number of amides is 2. The monoisotopic (exact) mass is 391 g/mol. The first kappa shape index (κ1) is 19.1. The van der Waals surface area contributed by atoms with Crippen LogP contribution in [-0.4, -0.2) is 35.4 Å². The molecule has 1 atom stereocenters. The molecule has 1 aromatic heterocycles.